The highest BCUT2D eigenvalue weighted by atomic mass is 19.4. The molecule has 2 aromatic rings. The van der Waals surface area contributed by atoms with Crippen LogP contribution in [0.15, 0.2) is 41.3 Å². The summed E-state index contributed by atoms with van der Waals surface area (Å²) >= 11 is 0. The molecule has 0 aliphatic heterocycles. The Morgan fingerprint density at radius 2 is 1.95 bits per heavy atom. The number of alkyl halides is 3. The van der Waals surface area contributed by atoms with E-state index < -0.39 is 33.6 Å². The van der Waals surface area contributed by atoms with E-state index in [9.17, 15) is 28.1 Å². The minimum absolute atomic E-state index is 0.520. The van der Waals surface area contributed by atoms with Gasteiger partial charge in [-0.25, -0.2) is 0 Å². The smallest absolute Gasteiger partial charge is 0.267 e. The molecular weight excluding hydrogens is 279 g/mol. The molecule has 0 aliphatic rings. The highest BCUT2D eigenvalue weighted by Crippen LogP contribution is 2.33. The molecule has 0 N–H and O–H groups in total. The lowest BCUT2D eigenvalue weighted by Crippen LogP contribution is -2.21. The van der Waals surface area contributed by atoms with Gasteiger partial charge in [-0.1, -0.05) is 0 Å². The Labute approximate surface area is 109 Å². The van der Waals surface area contributed by atoms with Crippen molar-refractivity contribution in [1.29, 1.82) is 0 Å². The molecule has 0 fully saturated rings. The molecule has 0 radical (unpaired) electrons. The van der Waals surface area contributed by atoms with E-state index in [1.54, 1.807) is 0 Å². The molecule has 0 saturated heterocycles. The second-order valence-electron chi connectivity index (χ2n) is 3.73. The fourth-order valence-corrected chi connectivity index (χ4v) is 1.56. The Kier molecular flexibility index (Phi) is 3.26. The van der Waals surface area contributed by atoms with Crippen molar-refractivity contribution in [3.63, 3.8) is 0 Å². The molecule has 20 heavy (non-hydrogen) atoms. The fourth-order valence-electron chi connectivity index (χ4n) is 1.56. The van der Waals surface area contributed by atoms with Crippen molar-refractivity contribution >= 4 is 5.69 Å². The molecule has 0 unspecified atom stereocenters. The van der Waals surface area contributed by atoms with E-state index in [0.29, 0.717) is 22.9 Å². The third-order valence-electron chi connectivity index (χ3n) is 2.44. The van der Waals surface area contributed by atoms with Crippen LogP contribution in [0, 0.1) is 10.1 Å². The molecule has 9 heteroatoms. The third kappa shape index (κ3) is 2.51. The average molecular weight is 285 g/mol. The maximum atomic E-state index is 12.6. The van der Waals surface area contributed by atoms with E-state index in [1.165, 1.54) is 6.07 Å². The van der Waals surface area contributed by atoms with E-state index in [2.05, 4.69) is 5.10 Å². The molecule has 104 valence electrons. The minimum Gasteiger partial charge on any atom is -0.267 e. The number of benzene rings is 1. The van der Waals surface area contributed by atoms with Gasteiger partial charge in [0, 0.05) is 18.3 Å². The molecule has 6 nitrogen and oxygen atoms in total. The first kappa shape index (κ1) is 13.7. The monoisotopic (exact) mass is 285 g/mol. The van der Waals surface area contributed by atoms with Crippen LogP contribution in [0.2, 0.25) is 0 Å². The lowest BCUT2D eigenvalue weighted by Gasteiger charge is -2.09. The number of nitrogens with zero attached hydrogens (tertiary/aromatic N) is 3. The molecule has 0 amide bonds. The minimum atomic E-state index is -4.68. The van der Waals surface area contributed by atoms with Gasteiger partial charge in [0.05, 0.1) is 10.5 Å². The summed E-state index contributed by atoms with van der Waals surface area (Å²) < 4.78 is 38.5. The Hall–Kier alpha value is -2.71. The Morgan fingerprint density at radius 1 is 1.25 bits per heavy atom. The lowest BCUT2D eigenvalue weighted by atomic mass is 10.1. The topological polar surface area (TPSA) is 78.0 Å². The zero-order chi connectivity index (χ0) is 14.9. The van der Waals surface area contributed by atoms with Gasteiger partial charge in [-0.15, -0.1) is 0 Å². The highest BCUT2D eigenvalue weighted by molar-refractivity contribution is 5.54. The summed E-state index contributed by atoms with van der Waals surface area (Å²) in [5, 5.41) is 14.4. The molecule has 0 spiro atoms. The van der Waals surface area contributed by atoms with E-state index >= 15 is 0 Å². The molecule has 0 saturated carbocycles. The first-order valence-corrected chi connectivity index (χ1v) is 5.21. The van der Waals surface area contributed by atoms with Crippen molar-refractivity contribution in [2.75, 3.05) is 0 Å². The Balaban J connectivity index is 2.75. The van der Waals surface area contributed by atoms with Gasteiger partial charge in [0.2, 0.25) is 0 Å². The summed E-state index contributed by atoms with van der Waals surface area (Å²) in [5.41, 5.74) is -3.04. The number of nitro benzene ring substituents is 1. The van der Waals surface area contributed by atoms with Crippen molar-refractivity contribution < 1.29 is 18.1 Å². The van der Waals surface area contributed by atoms with E-state index in [0.717, 1.165) is 12.3 Å². The SMILES string of the molecule is O=c1cccnn1-c1cc(C(F)(F)F)ccc1[N+](=O)[O-]. The maximum Gasteiger partial charge on any atom is 0.416 e. The number of halogens is 3. The van der Waals surface area contributed by atoms with Gasteiger partial charge < -0.3 is 0 Å². The highest BCUT2D eigenvalue weighted by Gasteiger charge is 2.33. The summed E-state index contributed by atoms with van der Waals surface area (Å²) in [4.78, 5) is 21.5. The van der Waals surface area contributed by atoms with Gasteiger partial charge in [0.25, 0.3) is 11.2 Å². The van der Waals surface area contributed by atoms with Crippen molar-refractivity contribution in [3.05, 3.63) is 62.6 Å². The number of hydrogen-bond acceptors (Lipinski definition) is 4. The standard InChI is InChI=1S/C11H6F3N3O3/c12-11(13,14)7-3-4-8(17(19)20)9(6-7)16-10(18)2-1-5-15-16/h1-6H. The van der Waals surface area contributed by atoms with Crippen LogP contribution in [0.1, 0.15) is 5.56 Å². The van der Waals surface area contributed by atoms with Crippen molar-refractivity contribution in [2.45, 2.75) is 6.18 Å². The second kappa shape index (κ2) is 4.76. The predicted molar refractivity (Wildman–Crippen MR) is 61.5 cm³/mol. The van der Waals surface area contributed by atoms with E-state index in [-0.39, 0.29) is 0 Å². The van der Waals surface area contributed by atoms with Crippen molar-refractivity contribution in [3.8, 4) is 5.69 Å². The molecule has 1 heterocycles. The van der Waals surface area contributed by atoms with Gasteiger partial charge in [-0.05, 0) is 18.2 Å². The molecular formula is C11H6F3N3O3. The van der Waals surface area contributed by atoms with Crippen LogP contribution in [-0.2, 0) is 6.18 Å². The molecule has 0 bridgehead atoms. The van der Waals surface area contributed by atoms with Gasteiger partial charge in [0.15, 0.2) is 0 Å². The van der Waals surface area contributed by atoms with Crippen LogP contribution in [-0.4, -0.2) is 14.7 Å². The van der Waals surface area contributed by atoms with Crippen molar-refractivity contribution in [2.24, 2.45) is 0 Å². The zero-order valence-corrected chi connectivity index (χ0v) is 9.66. The van der Waals surface area contributed by atoms with Crippen LogP contribution in [0.3, 0.4) is 0 Å². The van der Waals surface area contributed by atoms with Crippen LogP contribution >= 0.6 is 0 Å². The average Bonchev–Trinajstić information content (AvgIpc) is 2.37. The quantitative estimate of drug-likeness (QED) is 0.625. The van der Waals surface area contributed by atoms with Gasteiger partial charge in [0.1, 0.15) is 5.69 Å². The molecule has 2 rings (SSSR count). The zero-order valence-electron chi connectivity index (χ0n) is 9.66. The van der Waals surface area contributed by atoms with E-state index in [1.807, 2.05) is 0 Å². The number of nitro groups is 1. The summed E-state index contributed by atoms with van der Waals surface area (Å²) in [6.07, 6.45) is -3.53. The number of rotatable bonds is 2. The molecule has 1 aromatic carbocycles. The van der Waals surface area contributed by atoms with Crippen LogP contribution in [0.4, 0.5) is 18.9 Å². The Morgan fingerprint density at radius 3 is 2.50 bits per heavy atom. The lowest BCUT2D eigenvalue weighted by molar-refractivity contribution is -0.384. The van der Waals surface area contributed by atoms with Crippen LogP contribution in [0.5, 0.6) is 0 Å². The second-order valence-corrected chi connectivity index (χ2v) is 3.73. The summed E-state index contributed by atoms with van der Waals surface area (Å²) in [6, 6.07) is 4.11. The van der Waals surface area contributed by atoms with Gasteiger partial charge in [-0.2, -0.15) is 23.0 Å². The summed E-state index contributed by atoms with van der Waals surface area (Å²) in [5.74, 6) is 0. The molecule has 1 aromatic heterocycles. The largest absolute Gasteiger partial charge is 0.416 e. The van der Waals surface area contributed by atoms with Gasteiger partial charge >= 0.3 is 6.18 Å². The fraction of sp³-hybridized carbons (Fsp3) is 0.0909. The normalized spacial score (nSPS) is 11.3. The number of hydrogen-bond donors (Lipinski definition) is 0. The summed E-state index contributed by atoms with van der Waals surface area (Å²) in [7, 11) is 0. The molecule has 0 atom stereocenters. The Bertz CT molecular complexity index is 725. The predicted octanol–water partition coefficient (Wildman–Crippen LogP) is 2.16. The van der Waals surface area contributed by atoms with Crippen LogP contribution < -0.4 is 5.56 Å². The first-order valence-electron chi connectivity index (χ1n) is 5.21. The first-order chi connectivity index (χ1) is 9.30. The third-order valence-corrected chi connectivity index (χ3v) is 2.44. The maximum absolute atomic E-state index is 12.6. The van der Waals surface area contributed by atoms with Crippen molar-refractivity contribution in [1.82, 2.24) is 9.78 Å². The summed E-state index contributed by atoms with van der Waals surface area (Å²) in [6.45, 7) is 0. The van der Waals surface area contributed by atoms with E-state index in [4.69, 9.17) is 0 Å². The molecule has 0 aliphatic carbocycles. The number of aromatic nitrogens is 2. The van der Waals surface area contributed by atoms with Crippen LogP contribution in [0.25, 0.3) is 5.69 Å². The van der Waals surface area contributed by atoms with Gasteiger partial charge in [-0.3, -0.25) is 14.9 Å².